The minimum absolute atomic E-state index is 0.0726. The van der Waals surface area contributed by atoms with Crippen LogP contribution in [0.2, 0.25) is 0 Å². The van der Waals surface area contributed by atoms with Crippen LogP contribution in [0.1, 0.15) is 36.0 Å². The van der Waals surface area contributed by atoms with Crippen molar-refractivity contribution in [3.05, 3.63) is 83.9 Å². The Balaban J connectivity index is 1.77. The molecule has 1 aliphatic heterocycles. The molecule has 1 fully saturated rings. The summed E-state index contributed by atoms with van der Waals surface area (Å²) < 4.78 is 41.1. The van der Waals surface area contributed by atoms with Crippen molar-refractivity contribution >= 4 is 17.2 Å². The second-order valence-electron chi connectivity index (χ2n) is 8.11. The van der Waals surface area contributed by atoms with E-state index < -0.39 is 11.7 Å². The number of aryl methyl sites for hydroxylation is 1. The lowest BCUT2D eigenvalue weighted by Crippen LogP contribution is -2.29. The van der Waals surface area contributed by atoms with E-state index in [0.717, 1.165) is 48.8 Å². The van der Waals surface area contributed by atoms with Crippen LogP contribution >= 0.6 is 0 Å². The first-order valence-corrected chi connectivity index (χ1v) is 10.8. The molecule has 1 N–H and O–H groups in total. The molecule has 0 atom stereocenters. The summed E-state index contributed by atoms with van der Waals surface area (Å²) in [7, 11) is 0. The highest BCUT2D eigenvalue weighted by Gasteiger charge is 2.34. The van der Waals surface area contributed by atoms with E-state index in [9.17, 15) is 13.2 Å². The summed E-state index contributed by atoms with van der Waals surface area (Å²) in [6, 6.07) is 17.1. The molecule has 3 nitrogen and oxygen atoms in total. The average Bonchev–Trinajstić information content (AvgIpc) is 2.79. The van der Waals surface area contributed by atoms with Gasteiger partial charge < -0.3 is 10.2 Å². The molecule has 2 aromatic carbocycles. The molecule has 0 spiro atoms. The number of piperidine rings is 1. The lowest BCUT2D eigenvalue weighted by molar-refractivity contribution is -0.137. The number of nitrogens with one attached hydrogen (secondary N) is 1. The molecule has 1 aromatic heterocycles. The van der Waals surface area contributed by atoms with Gasteiger partial charge in [0.1, 0.15) is 5.82 Å². The van der Waals surface area contributed by atoms with Gasteiger partial charge in [0.25, 0.3) is 0 Å². The van der Waals surface area contributed by atoms with Gasteiger partial charge in [-0.25, -0.2) is 4.98 Å². The number of hydrogen-bond donors (Lipinski definition) is 1. The molecule has 166 valence electrons. The highest BCUT2D eigenvalue weighted by molar-refractivity contribution is 5.79. The minimum atomic E-state index is -4.46. The molecule has 4 rings (SSSR count). The van der Waals surface area contributed by atoms with E-state index in [-0.39, 0.29) is 5.56 Å². The van der Waals surface area contributed by atoms with Crippen LogP contribution in [0.25, 0.3) is 17.0 Å². The van der Waals surface area contributed by atoms with Crippen LogP contribution in [0.5, 0.6) is 0 Å². The zero-order chi connectivity index (χ0) is 22.7. The van der Waals surface area contributed by atoms with Crippen LogP contribution in [0.3, 0.4) is 0 Å². The number of nitrogens with zero attached hydrogens (tertiary/aromatic N) is 2. The van der Waals surface area contributed by atoms with E-state index in [2.05, 4.69) is 21.8 Å². The van der Waals surface area contributed by atoms with Gasteiger partial charge in [0.2, 0.25) is 0 Å². The second-order valence-corrected chi connectivity index (χ2v) is 8.11. The predicted molar refractivity (Wildman–Crippen MR) is 125 cm³/mol. The Hall–Kier alpha value is -3.28. The van der Waals surface area contributed by atoms with Crippen LogP contribution < -0.4 is 10.2 Å². The van der Waals surface area contributed by atoms with Crippen molar-refractivity contribution in [2.24, 2.45) is 0 Å². The Morgan fingerprint density at radius 3 is 2.38 bits per heavy atom. The third-order valence-electron chi connectivity index (χ3n) is 5.79. The van der Waals surface area contributed by atoms with Gasteiger partial charge in [-0.15, -0.1) is 0 Å². The van der Waals surface area contributed by atoms with Crippen molar-refractivity contribution in [3.63, 3.8) is 0 Å². The molecule has 32 heavy (non-hydrogen) atoms. The first-order chi connectivity index (χ1) is 15.3. The molecular weight excluding hydrogens is 411 g/mol. The summed E-state index contributed by atoms with van der Waals surface area (Å²) >= 11 is 0. The fraction of sp³-hybridized carbons (Fsp3) is 0.269. The quantitative estimate of drug-likeness (QED) is 0.459. The summed E-state index contributed by atoms with van der Waals surface area (Å²) in [5, 5.41) is 3.23. The Morgan fingerprint density at radius 2 is 1.66 bits per heavy atom. The highest BCUT2D eigenvalue weighted by atomic mass is 19.4. The number of rotatable bonds is 5. The van der Waals surface area contributed by atoms with E-state index in [1.54, 1.807) is 12.1 Å². The molecule has 0 saturated carbocycles. The van der Waals surface area contributed by atoms with Crippen molar-refractivity contribution in [1.29, 1.82) is 0 Å². The monoisotopic (exact) mass is 437 g/mol. The fourth-order valence-corrected chi connectivity index (χ4v) is 4.14. The smallest absolute Gasteiger partial charge is 0.371 e. The lowest BCUT2D eigenvalue weighted by atomic mass is 10.0. The molecular formula is C26H26F3N3. The molecule has 0 radical (unpaired) electrons. The Labute approximate surface area is 186 Å². The molecule has 0 unspecified atom stereocenters. The third kappa shape index (κ3) is 4.79. The zero-order valence-corrected chi connectivity index (χ0v) is 18.0. The number of hydrogen-bond acceptors (Lipinski definition) is 3. The van der Waals surface area contributed by atoms with Crippen molar-refractivity contribution < 1.29 is 13.2 Å². The number of alkyl halides is 3. The van der Waals surface area contributed by atoms with Crippen LogP contribution in [-0.4, -0.2) is 18.1 Å². The largest absolute Gasteiger partial charge is 0.417 e. The zero-order valence-electron chi connectivity index (χ0n) is 18.0. The van der Waals surface area contributed by atoms with E-state index in [0.29, 0.717) is 17.2 Å². The van der Waals surface area contributed by atoms with Gasteiger partial charge in [0.05, 0.1) is 11.3 Å². The summed E-state index contributed by atoms with van der Waals surface area (Å²) in [6.07, 6.45) is -1.16. The normalized spacial score (nSPS) is 14.3. The van der Waals surface area contributed by atoms with E-state index >= 15 is 0 Å². The van der Waals surface area contributed by atoms with Gasteiger partial charge >= 0.3 is 6.18 Å². The van der Waals surface area contributed by atoms with Gasteiger partial charge in [-0.05, 0) is 43.9 Å². The molecule has 1 aliphatic rings. The SMILES string of the molecule is C=C(Nc1cc(N2CCCCC2)cc(-c2ccccc2C(F)(F)F)n1)c1ccccc1C. The summed E-state index contributed by atoms with van der Waals surface area (Å²) in [5.74, 6) is 0.480. The maximum Gasteiger partial charge on any atom is 0.417 e. The minimum Gasteiger partial charge on any atom is -0.371 e. The topological polar surface area (TPSA) is 28.2 Å². The molecule has 2 heterocycles. The maximum absolute atomic E-state index is 13.7. The lowest BCUT2D eigenvalue weighted by Gasteiger charge is -2.29. The van der Waals surface area contributed by atoms with Crippen LogP contribution in [0.4, 0.5) is 24.7 Å². The molecule has 1 saturated heterocycles. The van der Waals surface area contributed by atoms with Crippen LogP contribution in [0, 0.1) is 6.92 Å². The Bertz CT molecular complexity index is 1120. The van der Waals surface area contributed by atoms with Gasteiger partial charge in [0, 0.05) is 41.7 Å². The van der Waals surface area contributed by atoms with Gasteiger partial charge in [-0.2, -0.15) is 13.2 Å². The third-order valence-corrected chi connectivity index (χ3v) is 5.79. The molecule has 0 bridgehead atoms. The first-order valence-electron chi connectivity index (χ1n) is 10.8. The van der Waals surface area contributed by atoms with Crippen molar-refractivity contribution in [1.82, 2.24) is 4.98 Å². The molecule has 3 aromatic rings. The standard InChI is InChI=1S/C26H26F3N3/c1-18-10-4-5-11-21(18)19(2)30-25-17-20(32-14-8-3-9-15-32)16-24(31-25)22-12-6-7-13-23(22)26(27,28)29/h4-7,10-13,16-17H,2-3,8-9,14-15H2,1H3,(H,30,31). The first kappa shape index (κ1) is 21.9. The maximum atomic E-state index is 13.7. The van der Waals surface area contributed by atoms with Crippen molar-refractivity contribution in [2.45, 2.75) is 32.4 Å². The van der Waals surface area contributed by atoms with Gasteiger partial charge in [-0.3, -0.25) is 0 Å². The molecule has 0 amide bonds. The average molecular weight is 438 g/mol. The number of pyridine rings is 1. The fourth-order valence-electron chi connectivity index (χ4n) is 4.14. The summed E-state index contributed by atoms with van der Waals surface area (Å²) in [4.78, 5) is 6.78. The van der Waals surface area contributed by atoms with Crippen LogP contribution in [0.15, 0.2) is 67.2 Å². The molecule has 6 heteroatoms. The number of anilines is 2. The number of halogens is 3. The second kappa shape index (κ2) is 9.07. The van der Waals surface area contributed by atoms with Gasteiger partial charge in [-0.1, -0.05) is 49.0 Å². The number of benzene rings is 2. The Kier molecular flexibility index (Phi) is 6.21. The summed E-state index contributed by atoms with van der Waals surface area (Å²) in [6.45, 7) is 7.88. The Morgan fingerprint density at radius 1 is 0.969 bits per heavy atom. The van der Waals surface area contributed by atoms with E-state index in [4.69, 9.17) is 0 Å². The highest BCUT2D eigenvalue weighted by Crippen LogP contribution is 2.38. The van der Waals surface area contributed by atoms with E-state index in [1.165, 1.54) is 18.6 Å². The number of aromatic nitrogens is 1. The van der Waals surface area contributed by atoms with Crippen molar-refractivity contribution in [2.75, 3.05) is 23.3 Å². The van der Waals surface area contributed by atoms with Crippen molar-refractivity contribution in [3.8, 4) is 11.3 Å². The summed E-state index contributed by atoms with van der Waals surface area (Å²) in [5.41, 5.74) is 3.19. The van der Waals surface area contributed by atoms with E-state index in [1.807, 2.05) is 37.3 Å². The molecule has 0 aliphatic carbocycles. The van der Waals surface area contributed by atoms with Gasteiger partial charge in [0.15, 0.2) is 0 Å². The predicted octanol–water partition coefficient (Wildman–Crippen LogP) is 7.15. The van der Waals surface area contributed by atoms with Crippen LogP contribution in [-0.2, 0) is 6.18 Å².